The average molecular weight is 493 g/mol. The maximum atomic E-state index is 13.9. The van der Waals surface area contributed by atoms with Crippen LogP contribution in [0.15, 0.2) is 60.9 Å². The number of anilines is 1. The van der Waals surface area contributed by atoms with Crippen molar-refractivity contribution in [3.8, 4) is 5.75 Å². The van der Waals surface area contributed by atoms with Crippen LogP contribution in [-0.4, -0.2) is 32.4 Å². The molecule has 1 aliphatic heterocycles. The third kappa shape index (κ3) is 4.53. The van der Waals surface area contributed by atoms with E-state index in [1.807, 2.05) is 13.0 Å². The van der Waals surface area contributed by atoms with Gasteiger partial charge in [-0.05, 0) is 61.0 Å². The molecule has 1 aliphatic rings. The minimum absolute atomic E-state index is 0.00525. The van der Waals surface area contributed by atoms with Crippen molar-refractivity contribution in [3.63, 3.8) is 0 Å². The normalized spacial score (nSPS) is 15.3. The number of pyridine rings is 3. The molecule has 3 aromatic heterocycles. The summed E-state index contributed by atoms with van der Waals surface area (Å²) in [5, 5.41) is 0.755. The van der Waals surface area contributed by atoms with Gasteiger partial charge in [0.05, 0.1) is 36.0 Å². The molecule has 4 heterocycles. The van der Waals surface area contributed by atoms with Gasteiger partial charge in [0.15, 0.2) is 0 Å². The number of ether oxygens (including phenoxy) is 1. The van der Waals surface area contributed by atoms with Gasteiger partial charge >= 0.3 is 6.18 Å². The van der Waals surface area contributed by atoms with Gasteiger partial charge < -0.3 is 15.4 Å². The monoisotopic (exact) mass is 493 g/mol. The molecular formula is C26H22F3N5O2. The van der Waals surface area contributed by atoms with Crippen LogP contribution in [0.5, 0.6) is 5.75 Å². The van der Waals surface area contributed by atoms with Crippen LogP contribution < -0.4 is 10.5 Å². The number of hydrogen-bond acceptors (Lipinski definition) is 6. The van der Waals surface area contributed by atoms with E-state index in [2.05, 4.69) is 15.0 Å². The van der Waals surface area contributed by atoms with Crippen molar-refractivity contribution >= 4 is 22.6 Å². The highest BCUT2D eigenvalue weighted by Gasteiger charge is 2.34. The highest BCUT2D eigenvalue weighted by atomic mass is 19.4. The van der Waals surface area contributed by atoms with E-state index in [0.717, 1.165) is 23.2 Å². The highest BCUT2D eigenvalue weighted by molar-refractivity contribution is 5.98. The number of aryl methyl sites for hydroxylation is 1. The number of halogens is 3. The van der Waals surface area contributed by atoms with Crippen LogP contribution in [0.25, 0.3) is 10.9 Å². The van der Waals surface area contributed by atoms with E-state index in [1.165, 1.54) is 6.07 Å². The lowest BCUT2D eigenvalue weighted by molar-refractivity contribution is -0.137. The molecule has 1 amide bonds. The first-order chi connectivity index (χ1) is 17.2. The summed E-state index contributed by atoms with van der Waals surface area (Å²) in [6.45, 7) is 2.20. The van der Waals surface area contributed by atoms with Crippen molar-refractivity contribution in [2.45, 2.75) is 32.1 Å². The predicted molar refractivity (Wildman–Crippen MR) is 127 cm³/mol. The molecule has 5 rings (SSSR count). The van der Waals surface area contributed by atoms with Crippen molar-refractivity contribution < 1.29 is 22.7 Å². The van der Waals surface area contributed by atoms with Gasteiger partial charge in [-0.1, -0.05) is 0 Å². The van der Waals surface area contributed by atoms with Crippen molar-refractivity contribution in [2.24, 2.45) is 0 Å². The molecule has 0 aliphatic carbocycles. The maximum Gasteiger partial charge on any atom is 0.417 e. The topological polar surface area (TPSA) is 94.2 Å². The van der Waals surface area contributed by atoms with Crippen LogP contribution in [0.1, 0.15) is 45.3 Å². The van der Waals surface area contributed by atoms with Crippen molar-refractivity contribution in [1.82, 2.24) is 19.9 Å². The number of benzene rings is 1. The Kier molecular flexibility index (Phi) is 5.95. The molecule has 0 bridgehead atoms. The van der Waals surface area contributed by atoms with E-state index in [4.69, 9.17) is 10.5 Å². The Balaban J connectivity index is 1.54. The summed E-state index contributed by atoms with van der Waals surface area (Å²) < 4.78 is 44.8. The molecule has 0 unspecified atom stereocenters. The lowest BCUT2D eigenvalue weighted by Crippen LogP contribution is -2.37. The SMILES string of the molecule is Cc1cc2cc(C(=O)N(Cc3ccc(C(F)(F)F)cn3)[C@@H]3CCOc4cccnc43)ccc2nc1N. The van der Waals surface area contributed by atoms with Crippen LogP contribution in [0.3, 0.4) is 0 Å². The molecule has 184 valence electrons. The molecule has 1 aromatic carbocycles. The summed E-state index contributed by atoms with van der Waals surface area (Å²) in [4.78, 5) is 28.3. The Morgan fingerprint density at radius 1 is 1.17 bits per heavy atom. The molecular weight excluding hydrogens is 471 g/mol. The molecule has 2 N–H and O–H groups in total. The van der Waals surface area contributed by atoms with Gasteiger partial charge in [0.1, 0.15) is 17.3 Å². The zero-order valence-electron chi connectivity index (χ0n) is 19.3. The van der Waals surface area contributed by atoms with Crippen LogP contribution in [0, 0.1) is 6.92 Å². The smallest absolute Gasteiger partial charge is 0.417 e. The summed E-state index contributed by atoms with van der Waals surface area (Å²) >= 11 is 0. The first-order valence-electron chi connectivity index (χ1n) is 11.3. The molecule has 1 atom stereocenters. The summed E-state index contributed by atoms with van der Waals surface area (Å²) in [6, 6.07) is 12.3. The number of alkyl halides is 3. The minimum atomic E-state index is -4.49. The molecule has 0 saturated heterocycles. The highest BCUT2D eigenvalue weighted by Crippen LogP contribution is 2.36. The zero-order valence-corrected chi connectivity index (χ0v) is 19.3. The lowest BCUT2D eigenvalue weighted by Gasteiger charge is -2.35. The largest absolute Gasteiger partial charge is 0.491 e. The molecule has 0 spiro atoms. The molecule has 0 fully saturated rings. The fourth-order valence-electron chi connectivity index (χ4n) is 4.28. The van der Waals surface area contributed by atoms with Gasteiger partial charge in [-0.25, -0.2) is 4.98 Å². The second-order valence-electron chi connectivity index (χ2n) is 8.61. The van der Waals surface area contributed by atoms with Gasteiger partial charge in [0.2, 0.25) is 0 Å². The minimum Gasteiger partial charge on any atom is -0.491 e. The van der Waals surface area contributed by atoms with Gasteiger partial charge in [0, 0.05) is 29.8 Å². The fraction of sp³-hybridized carbons (Fsp3) is 0.231. The van der Waals surface area contributed by atoms with Crippen molar-refractivity contribution in [1.29, 1.82) is 0 Å². The number of carbonyl (C=O) groups excluding carboxylic acids is 1. The van der Waals surface area contributed by atoms with Crippen molar-refractivity contribution in [3.05, 3.63) is 89.0 Å². The maximum absolute atomic E-state index is 13.9. The number of nitrogen functional groups attached to an aromatic ring is 1. The number of rotatable bonds is 4. The van der Waals surface area contributed by atoms with Gasteiger partial charge in [-0.2, -0.15) is 13.2 Å². The average Bonchev–Trinajstić information content (AvgIpc) is 2.87. The van der Waals surface area contributed by atoms with Crippen LogP contribution >= 0.6 is 0 Å². The number of aromatic nitrogens is 3. The summed E-state index contributed by atoms with van der Waals surface area (Å²) in [7, 11) is 0. The molecule has 0 radical (unpaired) electrons. The quantitative estimate of drug-likeness (QED) is 0.425. The van der Waals surface area contributed by atoms with E-state index < -0.39 is 17.8 Å². The Bertz CT molecular complexity index is 1440. The van der Waals surface area contributed by atoms with E-state index >= 15 is 0 Å². The number of carbonyl (C=O) groups is 1. The van der Waals surface area contributed by atoms with E-state index in [-0.39, 0.29) is 12.5 Å². The molecule has 4 aromatic rings. The lowest BCUT2D eigenvalue weighted by atomic mass is 10.0. The van der Waals surface area contributed by atoms with Gasteiger partial charge in [0.25, 0.3) is 5.91 Å². The van der Waals surface area contributed by atoms with E-state index in [9.17, 15) is 18.0 Å². The third-order valence-corrected chi connectivity index (χ3v) is 6.18. The molecule has 0 saturated carbocycles. The summed E-state index contributed by atoms with van der Waals surface area (Å²) in [6.07, 6.45) is -1.62. The number of nitrogens with zero attached hydrogens (tertiary/aromatic N) is 4. The molecule has 10 heteroatoms. The van der Waals surface area contributed by atoms with Crippen molar-refractivity contribution in [2.75, 3.05) is 12.3 Å². The predicted octanol–water partition coefficient (Wildman–Crippen LogP) is 5.10. The first kappa shape index (κ1) is 23.5. The summed E-state index contributed by atoms with van der Waals surface area (Å²) in [5.74, 6) is 0.679. The Hall–Kier alpha value is -4.21. The third-order valence-electron chi connectivity index (χ3n) is 6.18. The number of amides is 1. The molecule has 36 heavy (non-hydrogen) atoms. The van der Waals surface area contributed by atoms with E-state index in [1.54, 1.807) is 41.4 Å². The number of hydrogen-bond donors (Lipinski definition) is 1. The van der Waals surface area contributed by atoms with Crippen LogP contribution in [-0.2, 0) is 12.7 Å². The van der Waals surface area contributed by atoms with Gasteiger partial charge in [-0.3, -0.25) is 14.8 Å². The number of nitrogens with two attached hydrogens (primary N) is 1. The molecule has 7 nitrogen and oxygen atoms in total. The second kappa shape index (κ2) is 9.10. The van der Waals surface area contributed by atoms with Gasteiger partial charge in [-0.15, -0.1) is 0 Å². The number of fused-ring (bicyclic) bond motifs is 2. The zero-order chi connectivity index (χ0) is 25.4. The Morgan fingerprint density at radius 2 is 2.00 bits per heavy atom. The second-order valence-corrected chi connectivity index (χ2v) is 8.61. The van der Waals surface area contributed by atoms with E-state index in [0.29, 0.717) is 47.1 Å². The fourth-order valence-corrected chi connectivity index (χ4v) is 4.28. The first-order valence-corrected chi connectivity index (χ1v) is 11.3. The van der Waals surface area contributed by atoms with Crippen LogP contribution in [0.2, 0.25) is 0 Å². The Morgan fingerprint density at radius 3 is 2.75 bits per heavy atom. The summed E-state index contributed by atoms with van der Waals surface area (Å²) in [5.41, 5.74) is 7.84. The Labute approximate surface area is 204 Å². The standard InChI is InChI=1S/C26H22F3N5O2/c1-15-11-17-12-16(4-7-20(17)33-24(15)30)25(35)34(14-19-6-5-18(13-32-19)26(27,28)29)21-8-10-36-22-3-2-9-31-23(21)22/h2-7,9,11-13,21H,8,10,14H2,1H3,(H2,30,33)/t21-/m1/s1. The van der Waals surface area contributed by atoms with Crippen LogP contribution in [0.4, 0.5) is 19.0 Å².